The first-order valence-corrected chi connectivity index (χ1v) is 26.1. The van der Waals surface area contributed by atoms with Crippen LogP contribution in [0.2, 0.25) is 0 Å². The molecule has 398 valence electrons. The second kappa shape index (κ2) is 51.6. The van der Waals surface area contributed by atoms with Gasteiger partial charge in [0.15, 0.2) is 0 Å². The summed E-state index contributed by atoms with van der Waals surface area (Å²) in [4.78, 5) is 47.7. The molecule has 0 amide bonds. The number of likely N-dealkylation sites (N-methyl/N-ethyl adjacent to an activating group) is 2. The maximum Gasteiger partial charge on any atom is 0.308 e. The highest BCUT2D eigenvalue weighted by atomic mass is 79.9. The number of rotatable bonds is 46. The number of unbranched alkanes of at least 4 members (excludes halogenated alkanes) is 28. The van der Waals surface area contributed by atoms with Gasteiger partial charge in [0, 0.05) is 33.1 Å². The minimum atomic E-state index is -0.765. The molecule has 0 aromatic heterocycles. The molecule has 0 saturated carbocycles. The zero-order valence-corrected chi connectivity index (χ0v) is 45.9. The molecule has 0 radical (unpaired) electrons. The molecule has 0 atom stereocenters. The average Bonchev–Trinajstić information content (AvgIpc) is 3.20. The highest BCUT2D eigenvalue weighted by molar-refractivity contribution is 5.71. The molecule has 66 heavy (non-hydrogen) atoms. The van der Waals surface area contributed by atoms with Crippen LogP contribution in [0.1, 0.15) is 254 Å². The van der Waals surface area contributed by atoms with Gasteiger partial charge in [0.05, 0.1) is 41.3 Å². The van der Waals surface area contributed by atoms with E-state index in [0.717, 1.165) is 86.5 Å². The second-order valence-corrected chi connectivity index (χ2v) is 19.8. The summed E-state index contributed by atoms with van der Waals surface area (Å²) in [5.41, 5.74) is 0. The SMILES string of the molecule is C.C.CCCCCCCCCCCCCCCC(OC(=O)CCCCCCCCCCC[N+](C)(C)CCOC(C)=O)OC(=O)CCCCCCCCCCC[N+](C)(C)CCOC(C)=O.[Br-].[Br-]. The summed E-state index contributed by atoms with van der Waals surface area (Å²) >= 11 is 0. The number of hydrogen-bond acceptors (Lipinski definition) is 8. The van der Waals surface area contributed by atoms with Crippen LogP contribution in [-0.4, -0.2) is 107 Å². The van der Waals surface area contributed by atoms with Crippen molar-refractivity contribution in [1.82, 2.24) is 0 Å². The number of ether oxygens (including phenoxy) is 4. The smallest absolute Gasteiger partial charge is 0.308 e. The zero-order valence-electron chi connectivity index (χ0n) is 42.8. The van der Waals surface area contributed by atoms with Gasteiger partial charge in [-0.05, 0) is 44.9 Å². The van der Waals surface area contributed by atoms with Crippen molar-refractivity contribution in [1.29, 1.82) is 0 Å². The second-order valence-electron chi connectivity index (χ2n) is 19.8. The van der Waals surface area contributed by atoms with Crippen LogP contribution in [0.15, 0.2) is 0 Å². The van der Waals surface area contributed by atoms with Crippen molar-refractivity contribution in [3.05, 3.63) is 0 Å². The van der Waals surface area contributed by atoms with Gasteiger partial charge in [-0.3, -0.25) is 19.2 Å². The van der Waals surface area contributed by atoms with E-state index >= 15 is 0 Å². The van der Waals surface area contributed by atoms with Gasteiger partial charge in [0.2, 0.25) is 6.29 Å². The number of quaternary nitrogens is 2. The summed E-state index contributed by atoms with van der Waals surface area (Å²) in [5, 5.41) is 0. The van der Waals surface area contributed by atoms with E-state index in [0.29, 0.717) is 32.5 Å². The molecule has 0 spiro atoms. The van der Waals surface area contributed by atoms with Crippen LogP contribution >= 0.6 is 0 Å². The summed E-state index contributed by atoms with van der Waals surface area (Å²) < 4.78 is 23.5. The molecule has 0 heterocycles. The van der Waals surface area contributed by atoms with E-state index in [4.69, 9.17) is 18.9 Å². The molecule has 12 heteroatoms. The lowest BCUT2D eigenvalue weighted by Gasteiger charge is -2.29. The largest absolute Gasteiger partial charge is 1.00 e. The third-order valence-corrected chi connectivity index (χ3v) is 12.4. The number of nitrogens with zero attached hydrogens (tertiary/aromatic N) is 2. The molecule has 0 N–H and O–H groups in total. The van der Waals surface area contributed by atoms with Crippen molar-refractivity contribution in [2.45, 2.75) is 260 Å². The molecule has 0 aromatic rings. The Morgan fingerprint density at radius 1 is 0.379 bits per heavy atom. The number of halogens is 2. The van der Waals surface area contributed by atoms with Crippen LogP contribution in [0.25, 0.3) is 0 Å². The van der Waals surface area contributed by atoms with Gasteiger partial charge >= 0.3 is 23.9 Å². The standard InChI is InChI=1S/C52H102N2O8.2CH4.2BrH/c1-8-9-10-11-12-13-14-15-16-21-26-31-36-41-52(61-50(57)39-34-29-24-19-17-22-27-32-37-42-53(4,5)44-46-59-48(2)55)62-51(58)40-35-30-25-20-18-23-28-33-38-43-54(6,7)45-47-60-49(3)56;;;;/h52H,8-47H2,1-7H3;2*1H4;2*1H/q+2;;;;/p-2. The fourth-order valence-corrected chi connectivity index (χ4v) is 8.07. The van der Waals surface area contributed by atoms with Gasteiger partial charge in [-0.15, -0.1) is 0 Å². The third kappa shape index (κ3) is 55.4. The van der Waals surface area contributed by atoms with Gasteiger partial charge in [-0.1, -0.05) is 176 Å². The number of esters is 4. The van der Waals surface area contributed by atoms with E-state index < -0.39 is 6.29 Å². The Morgan fingerprint density at radius 3 is 0.924 bits per heavy atom. The van der Waals surface area contributed by atoms with E-state index in [-0.39, 0.29) is 72.7 Å². The predicted molar refractivity (Wildman–Crippen MR) is 269 cm³/mol. The lowest BCUT2D eigenvalue weighted by molar-refractivity contribution is -0.890. The fourth-order valence-electron chi connectivity index (χ4n) is 8.07. The summed E-state index contributed by atoms with van der Waals surface area (Å²) in [6, 6.07) is 0. The number of hydrogen-bond donors (Lipinski definition) is 0. The van der Waals surface area contributed by atoms with E-state index in [9.17, 15) is 19.2 Å². The Bertz CT molecular complexity index is 1030. The van der Waals surface area contributed by atoms with Crippen LogP contribution < -0.4 is 34.0 Å². The van der Waals surface area contributed by atoms with Crippen LogP contribution in [0.3, 0.4) is 0 Å². The van der Waals surface area contributed by atoms with Gasteiger partial charge in [-0.2, -0.15) is 0 Å². The molecule has 0 aromatic carbocycles. The van der Waals surface area contributed by atoms with Crippen molar-refractivity contribution >= 4 is 23.9 Å². The van der Waals surface area contributed by atoms with Gasteiger partial charge in [-0.25, -0.2) is 0 Å². The van der Waals surface area contributed by atoms with Crippen molar-refractivity contribution in [3.63, 3.8) is 0 Å². The normalized spacial score (nSPS) is 11.2. The molecule has 0 fully saturated rings. The molecule has 0 unspecified atom stereocenters. The van der Waals surface area contributed by atoms with Gasteiger partial charge < -0.3 is 61.9 Å². The predicted octanol–water partition coefficient (Wildman–Crippen LogP) is 8.24. The van der Waals surface area contributed by atoms with E-state index in [1.165, 1.54) is 162 Å². The molecular formula is C54H110Br2N2O8. The molecule has 10 nitrogen and oxygen atoms in total. The van der Waals surface area contributed by atoms with Crippen molar-refractivity contribution in [3.8, 4) is 0 Å². The summed E-state index contributed by atoms with van der Waals surface area (Å²) in [6.45, 7) is 10.1. The highest BCUT2D eigenvalue weighted by Crippen LogP contribution is 2.18. The van der Waals surface area contributed by atoms with Crippen LogP contribution in [0.4, 0.5) is 0 Å². The average molecular weight is 1080 g/mol. The van der Waals surface area contributed by atoms with E-state index in [1.54, 1.807) is 0 Å². The third-order valence-electron chi connectivity index (χ3n) is 12.4. The Morgan fingerprint density at radius 2 is 0.636 bits per heavy atom. The lowest BCUT2D eigenvalue weighted by atomic mass is 10.0. The Kier molecular flexibility index (Phi) is 57.6. The molecule has 0 aliphatic rings. The quantitative estimate of drug-likeness (QED) is 0.0198. The van der Waals surface area contributed by atoms with Crippen LogP contribution in [-0.2, 0) is 38.1 Å². The number of carbonyl (C=O) groups is 4. The van der Waals surface area contributed by atoms with E-state index in [2.05, 4.69) is 35.1 Å². The minimum absolute atomic E-state index is 0. The molecule has 0 bridgehead atoms. The zero-order chi connectivity index (χ0) is 46.0. The number of carbonyl (C=O) groups excluding carboxylic acids is 4. The minimum Gasteiger partial charge on any atom is -1.00 e. The highest BCUT2D eigenvalue weighted by Gasteiger charge is 2.19. The Labute approximate surface area is 430 Å². The first-order valence-electron chi connectivity index (χ1n) is 26.1. The van der Waals surface area contributed by atoms with Crippen molar-refractivity contribution in [2.75, 3.05) is 67.6 Å². The molecular weight excluding hydrogens is 964 g/mol. The molecule has 0 aliphatic heterocycles. The van der Waals surface area contributed by atoms with Crippen molar-refractivity contribution < 1.29 is 81.1 Å². The summed E-state index contributed by atoms with van der Waals surface area (Å²) in [5.74, 6) is -0.899. The Balaban J connectivity index is -0.00000310. The van der Waals surface area contributed by atoms with Crippen molar-refractivity contribution in [2.24, 2.45) is 0 Å². The van der Waals surface area contributed by atoms with Crippen LogP contribution in [0.5, 0.6) is 0 Å². The van der Waals surface area contributed by atoms with E-state index in [1.807, 2.05) is 0 Å². The molecule has 0 aliphatic carbocycles. The van der Waals surface area contributed by atoms with Gasteiger partial charge in [0.25, 0.3) is 0 Å². The fraction of sp³-hybridized carbons (Fsp3) is 0.926. The maximum absolute atomic E-state index is 12.9. The van der Waals surface area contributed by atoms with Gasteiger partial charge in [0.1, 0.15) is 26.3 Å². The maximum atomic E-state index is 12.9. The topological polar surface area (TPSA) is 105 Å². The lowest BCUT2D eigenvalue weighted by Crippen LogP contribution is -3.00. The molecule has 0 saturated heterocycles. The molecule has 0 rings (SSSR count). The Hall–Kier alpha value is -1.24. The summed E-state index contributed by atoms with van der Waals surface area (Å²) in [6.07, 6.45) is 37.8. The first-order chi connectivity index (χ1) is 29.8. The first kappa shape index (κ1) is 73.7. The van der Waals surface area contributed by atoms with Crippen LogP contribution in [0, 0.1) is 0 Å². The summed E-state index contributed by atoms with van der Waals surface area (Å²) in [7, 11) is 8.79. The monoisotopic (exact) mass is 1070 g/mol.